The van der Waals surface area contributed by atoms with Crippen molar-refractivity contribution in [1.82, 2.24) is 20.2 Å². The summed E-state index contributed by atoms with van der Waals surface area (Å²) in [5.74, 6) is 5.83. The monoisotopic (exact) mass is 404 g/mol. The number of hydrogen-bond acceptors (Lipinski definition) is 6. The Morgan fingerprint density at radius 3 is 2.55 bits per heavy atom. The topological polar surface area (TPSA) is 97.9 Å². The van der Waals surface area contributed by atoms with E-state index >= 15 is 0 Å². The van der Waals surface area contributed by atoms with Crippen LogP contribution in [0.5, 0.6) is 0 Å². The molecule has 4 rings (SSSR count). The molecule has 0 aliphatic heterocycles. The summed E-state index contributed by atoms with van der Waals surface area (Å²) in [6.07, 6.45) is 0. The van der Waals surface area contributed by atoms with Crippen molar-refractivity contribution >= 4 is 34.1 Å². The molecule has 4 N–H and O–H groups in total. The Hall–Kier alpha value is -3.36. The predicted molar refractivity (Wildman–Crippen MR) is 116 cm³/mol. The molecule has 146 valence electrons. The number of fused-ring (bicyclic) bond motifs is 1. The Bertz CT molecular complexity index is 1120. The molecule has 0 saturated carbocycles. The predicted octanol–water partition coefficient (Wildman–Crippen LogP) is 3.11. The number of amides is 1. The Labute approximate surface area is 172 Å². The molecule has 0 atom stereocenters. The summed E-state index contributed by atoms with van der Waals surface area (Å²) in [6.45, 7) is 0.486. The van der Waals surface area contributed by atoms with Crippen LogP contribution in [0.4, 0.5) is 5.69 Å². The van der Waals surface area contributed by atoms with Gasteiger partial charge < -0.3 is 5.32 Å². The Morgan fingerprint density at radius 1 is 0.966 bits per heavy atom. The third-order valence-corrected chi connectivity index (χ3v) is 5.36. The standard InChI is InChI=1S/C21H20N6OS/c22-24-20(28)14-29-21-26-25-19(27(21)16-9-2-1-3-10-16)13-23-18-12-6-8-15-7-4-5-11-17(15)18/h1-12,23H,13-14,22H2,(H,24,28). The number of carbonyl (C=O) groups excluding carboxylic acids is 1. The van der Waals surface area contributed by atoms with Crippen LogP contribution < -0.4 is 16.6 Å². The number of para-hydroxylation sites is 1. The van der Waals surface area contributed by atoms with E-state index in [0.717, 1.165) is 22.6 Å². The summed E-state index contributed by atoms with van der Waals surface area (Å²) in [5.41, 5.74) is 4.10. The summed E-state index contributed by atoms with van der Waals surface area (Å²) in [5, 5.41) is 15.1. The molecule has 0 aliphatic rings. The van der Waals surface area contributed by atoms with Crippen molar-refractivity contribution in [2.24, 2.45) is 5.84 Å². The van der Waals surface area contributed by atoms with E-state index in [1.54, 1.807) is 0 Å². The average Bonchev–Trinajstić information content (AvgIpc) is 3.19. The molecule has 0 radical (unpaired) electrons. The van der Waals surface area contributed by atoms with Crippen LogP contribution in [0.3, 0.4) is 0 Å². The minimum absolute atomic E-state index is 0.165. The number of thioether (sulfide) groups is 1. The average molecular weight is 404 g/mol. The molecule has 0 spiro atoms. The molecule has 0 saturated heterocycles. The van der Waals surface area contributed by atoms with Crippen LogP contribution in [0.2, 0.25) is 0 Å². The second-order valence-corrected chi connectivity index (χ2v) is 7.25. The van der Waals surface area contributed by atoms with Crippen molar-refractivity contribution in [2.45, 2.75) is 11.7 Å². The molecule has 3 aromatic carbocycles. The van der Waals surface area contributed by atoms with Gasteiger partial charge in [0.25, 0.3) is 0 Å². The van der Waals surface area contributed by atoms with E-state index in [1.165, 1.54) is 17.1 Å². The highest BCUT2D eigenvalue weighted by Gasteiger charge is 2.15. The Balaban J connectivity index is 1.63. The number of rotatable bonds is 7. The van der Waals surface area contributed by atoms with Crippen molar-refractivity contribution < 1.29 is 4.79 Å². The lowest BCUT2D eigenvalue weighted by molar-refractivity contribution is -0.118. The fraction of sp³-hybridized carbons (Fsp3) is 0.0952. The molecule has 1 amide bonds. The van der Waals surface area contributed by atoms with Gasteiger partial charge in [-0.1, -0.05) is 66.4 Å². The van der Waals surface area contributed by atoms with Gasteiger partial charge in [0.2, 0.25) is 5.91 Å². The Kier molecular flexibility index (Phi) is 5.73. The third kappa shape index (κ3) is 4.23. The lowest BCUT2D eigenvalue weighted by Crippen LogP contribution is -2.31. The maximum atomic E-state index is 11.5. The first-order valence-electron chi connectivity index (χ1n) is 9.10. The van der Waals surface area contributed by atoms with Gasteiger partial charge in [0.1, 0.15) is 0 Å². The highest BCUT2D eigenvalue weighted by atomic mass is 32.2. The minimum Gasteiger partial charge on any atom is -0.377 e. The molecule has 1 aromatic heterocycles. The first-order valence-corrected chi connectivity index (χ1v) is 10.1. The van der Waals surface area contributed by atoms with Crippen molar-refractivity contribution in [3.05, 3.63) is 78.6 Å². The molecule has 0 bridgehead atoms. The Morgan fingerprint density at radius 2 is 1.72 bits per heavy atom. The van der Waals surface area contributed by atoms with Gasteiger partial charge in [0.05, 0.1) is 12.3 Å². The minimum atomic E-state index is -0.270. The molecule has 1 heterocycles. The van der Waals surface area contributed by atoms with Crippen molar-refractivity contribution in [2.75, 3.05) is 11.1 Å². The van der Waals surface area contributed by atoms with Gasteiger partial charge in [-0.25, -0.2) is 5.84 Å². The molecule has 7 nitrogen and oxygen atoms in total. The highest BCUT2D eigenvalue weighted by molar-refractivity contribution is 7.99. The summed E-state index contributed by atoms with van der Waals surface area (Å²) >= 11 is 1.29. The first kappa shape index (κ1) is 19.0. The van der Waals surface area contributed by atoms with E-state index in [0.29, 0.717) is 11.7 Å². The number of hydrazine groups is 1. The molecule has 8 heteroatoms. The van der Waals surface area contributed by atoms with Crippen LogP contribution in [0.15, 0.2) is 78.0 Å². The molecule has 29 heavy (non-hydrogen) atoms. The van der Waals surface area contributed by atoms with Gasteiger partial charge in [0, 0.05) is 16.8 Å². The van der Waals surface area contributed by atoms with Crippen LogP contribution in [-0.2, 0) is 11.3 Å². The van der Waals surface area contributed by atoms with E-state index in [9.17, 15) is 4.79 Å². The van der Waals surface area contributed by atoms with E-state index in [4.69, 9.17) is 5.84 Å². The van der Waals surface area contributed by atoms with Gasteiger partial charge in [-0.05, 0) is 23.6 Å². The summed E-state index contributed by atoms with van der Waals surface area (Å²) in [7, 11) is 0. The van der Waals surface area contributed by atoms with Crippen molar-refractivity contribution in [3.63, 3.8) is 0 Å². The maximum absolute atomic E-state index is 11.5. The van der Waals surface area contributed by atoms with E-state index in [1.807, 2.05) is 59.2 Å². The zero-order valence-electron chi connectivity index (χ0n) is 15.6. The second-order valence-electron chi connectivity index (χ2n) is 6.31. The van der Waals surface area contributed by atoms with Crippen molar-refractivity contribution in [1.29, 1.82) is 0 Å². The van der Waals surface area contributed by atoms with Crippen LogP contribution in [-0.4, -0.2) is 26.4 Å². The molecule has 0 fully saturated rings. The number of aromatic nitrogens is 3. The van der Waals surface area contributed by atoms with Crippen LogP contribution in [0.1, 0.15) is 5.82 Å². The number of benzene rings is 3. The molecule has 0 unspecified atom stereocenters. The van der Waals surface area contributed by atoms with Crippen LogP contribution >= 0.6 is 11.8 Å². The zero-order chi connectivity index (χ0) is 20.1. The quantitative estimate of drug-likeness (QED) is 0.189. The second kappa shape index (κ2) is 8.76. The number of hydrogen-bond donors (Lipinski definition) is 3. The third-order valence-electron chi connectivity index (χ3n) is 4.43. The van der Waals surface area contributed by atoms with E-state index in [-0.39, 0.29) is 11.7 Å². The largest absolute Gasteiger partial charge is 0.377 e. The SMILES string of the molecule is NNC(=O)CSc1nnc(CNc2cccc3ccccc23)n1-c1ccccc1. The zero-order valence-corrected chi connectivity index (χ0v) is 16.4. The lowest BCUT2D eigenvalue weighted by atomic mass is 10.1. The van der Waals surface area contributed by atoms with Crippen LogP contribution in [0, 0.1) is 0 Å². The summed E-state index contributed by atoms with van der Waals surface area (Å²) < 4.78 is 1.95. The van der Waals surface area contributed by atoms with Gasteiger partial charge in [-0.2, -0.15) is 0 Å². The fourth-order valence-electron chi connectivity index (χ4n) is 3.07. The molecular weight excluding hydrogens is 384 g/mol. The smallest absolute Gasteiger partial charge is 0.244 e. The number of nitrogens with one attached hydrogen (secondary N) is 2. The summed E-state index contributed by atoms with van der Waals surface area (Å²) in [4.78, 5) is 11.5. The highest BCUT2D eigenvalue weighted by Crippen LogP contribution is 2.25. The van der Waals surface area contributed by atoms with Crippen LogP contribution in [0.25, 0.3) is 16.5 Å². The molecular formula is C21H20N6OS. The number of nitrogens with two attached hydrogens (primary N) is 1. The molecule has 4 aromatic rings. The van der Waals surface area contributed by atoms with E-state index in [2.05, 4.69) is 39.1 Å². The van der Waals surface area contributed by atoms with Gasteiger partial charge in [-0.15, -0.1) is 10.2 Å². The summed E-state index contributed by atoms with van der Waals surface area (Å²) in [6, 6.07) is 24.2. The van der Waals surface area contributed by atoms with E-state index < -0.39 is 0 Å². The number of nitrogens with zero attached hydrogens (tertiary/aromatic N) is 3. The van der Waals surface area contributed by atoms with Crippen molar-refractivity contribution in [3.8, 4) is 5.69 Å². The number of anilines is 1. The maximum Gasteiger partial charge on any atom is 0.244 e. The number of carbonyl (C=O) groups is 1. The fourth-order valence-corrected chi connectivity index (χ4v) is 3.85. The van der Waals surface area contributed by atoms with Gasteiger partial charge >= 0.3 is 0 Å². The van der Waals surface area contributed by atoms with Gasteiger partial charge in [-0.3, -0.25) is 14.8 Å². The lowest BCUT2D eigenvalue weighted by Gasteiger charge is -2.12. The van der Waals surface area contributed by atoms with Gasteiger partial charge in [0.15, 0.2) is 11.0 Å². The first-order chi connectivity index (χ1) is 14.3. The molecule has 0 aliphatic carbocycles. The normalized spacial score (nSPS) is 10.8.